The van der Waals surface area contributed by atoms with Crippen molar-refractivity contribution in [1.29, 1.82) is 0 Å². The fourth-order valence-electron chi connectivity index (χ4n) is 2.36. The van der Waals surface area contributed by atoms with E-state index in [-0.39, 0.29) is 6.61 Å². The third-order valence-corrected chi connectivity index (χ3v) is 4.63. The fourth-order valence-corrected chi connectivity index (χ4v) is 3.51. The van der Waals surface area contributed by atoms with Gasteiger partial charge in [0.15, 0.2) is 0 Å². The first-order chi connectivity index (χ1) is 10.0. The van der Waals surface area contributed by atoms with E-state index in [1.807, 2.05) is 44.2 Å². The van der Waals surface area contributed by atoms with E-state index in [0.29, 0.717) is 0 Å². The lowest BCUT2D eigenvalue weighted by Gasteiger charge is -2.21. The number of thioether (sulfide) groups is 1. The Morgan fingerprint density at radius 3 is 2.62 bits per heavy atom. The van der Waals surface area contributed by atoms with Gasteiger partial charge in [0, 0.05) is 10.1 Å². The van der Waals surface area contributed by atoms with E-state index >= 15 is 0 Å². The molecule has 1 aromatic carbocycles. The van der Waals surface area contributed by atoms with Gasteiger partial charge in [-0.15, -0.1) is 11.8 Å². The average molecular weight is 308 g/mol. The summed E-state index contributed by atoms with van der Waals surface area (Å²) < 4.78 is 5.23. The van der Waals surface area contributed by atoms with Crippen LogP contribution in [-0.2, 0) is 9.53 Å². The molecule has 0 radical (unpaired) electrons. The molecule has 1 heterocycles. The minimum absolute atomic E-state index is 0.196. The Balaban J connectivity index is 2.14. The molecule has 0 aliphatic carbocycles. The number of hydrogen-bond donors (Lipinski definition) is 2. The van der Waals surface area contributed by atoms with Crippen LogP contribution in [0.4, 0.5) is 0 Å². The summed E-state index contributed by atoms with van der Waals surface area (Å²) in [5.74, 6) is -1.17. The van der Waals surface area contributed by atoms with Gasteiger partial charge in [-0.1, -0.05) is 23.8 Å². The second kappa shape index (κ2) is 7.11. The lowest BCUT2D eigenvalue weighted by atomic mass is 9.97. The van der Waals surface area contributed by atoms with Crippen molar-refractivity contribution in [2.75, 3.05) is 6.61 Å². The van der Waals surface area contributed by atoms with Crippen molar-refractivity contribution in [3.63, 3.8) is 0 Å². The largest absolute Gasteiger partial charge is 0.455 e. The highest BCUT2D eigenvalue weighted by atomic mass is 32.2. The van der Waals surface area contributed by atoms with Crippen LogP contribution in [0.1, 0.15) is 13.8 Å². The first-order valence-corrected chi connectivity index (χ1v) is 7.77. The van der Waals surface area contributed by atoms with Crippen molar-refractivity contribution >= 4 is 17.7 Å². The summed E-state index contributed by atoms with van der Waals surface area (Å²) in [6.07, 6.45) is 0.183. The minimum atomic E-state index is -0.930. The van der Waals surface area contributed by atoms with Gasteiger partial charge in [0.25, 0.3) is 0 Å². The monoisotopic (exact) mass is 308 g/mol. The van der Waals surface area contributed by atoms with Crippen LogP contribution in [-0.4, -0.2) is 40.2 Å². The lowest BCUT2D eigenvalue weighted by Crippen LogP contribution is -2.35. The normalized spacial score (nSPS) is 26.3. The molecule has 21 heavy (non-hydrogen) atoms. The van der Waals surface area contributed by atoms with Gasteiger partial charge in [0.2, 0.25) is 0 Å². The van der Waals surface area contributed by atoms with Gasteiger partial charge in [-0.25, -0.2) is 0 Å². The molecule has 114 valence electrons. The standard InChI is InChI=1S/C16H20O4S/c1-10(2)8-12-15(18)14(16(19)20-12)13(9-17)21-11-6-4-3-5-7-11/h3-8,12-15,17-18H,9H2,1-2H3/t12-,13-,14+,15-/m1/s1. The van der Waals surface area contributed by atoms with E-state index in [9.17, 15) is 15.0 Å². The smallest absolute Gasteiger partial charge is 0.313 e. The highest BCUT2D eigenvalue weighted by molar-refractivity contribution is 8.00. The van der Waals surface area contributed by atoms with Gasteiger partial charge in [-0.05, 0) is 32.1 Å². The van der Waals surface area contributed by atoms with Crippen molar-refractivity contribution in [2.24, 2.45) is 5.92 Å². The number of ether oxygens (including phenoxy) is 1. The van der Waals surface area contributed by atoms with Crippen LogP contribution in [0.2, 0.25) is 0 Å². The van der Waals surface area contributed by atoms with E-state index in [0.717, 1.165) is 10.5 Å². The molecule has 2 N–H and O–H groups in total. The van der Waals surface area contributed by atoms with Crippen LogP contribution in [0.3, 0.4) is 0 Å². The van der Waals surface area contributed by atoms with Crippen molar-refractivity contribution in [1.82, 2.24) is 0 Å². The Morgan fingerprint density at radius 1 is 1.38 bits per heavy atom. The number of carbonyl (C=O) groups is 1. The van der Waals surface area contributed by atoms with Crippen molar-refractivity contribution in [2.45, 2.75) is 36.2 Å². The van der Waals surface area contributed by atoms with E-state index in [4.69, 9.17) is 4.74 Å². The van der Waals surface area contributed by atoms with Gasteiger partial charge in [0.1, 0.15) is 18.1 Å². The van der Waals surface area contributed by atoms with Gasteiger partial charge < -0.3 is 14.9 Å². The van der Waals surface area contributed by atoms with Crippen LogP contribution in [0.15, 0.2) is 46.9 Å². The summed E-state index contributed by atoms with van der Waals surface area (Å²) in [4.78, 5) is 13.0. The molecule has 1 aromatic rings. The predicted molar refractivity (Wildman–Crippen MR) is 82.0 cm³/mol. The number of hydrogen-bond acceptors (Lipinski definition) is 5. The molecule has 1 aliphatic rings. The minimum Gasteiger partial charge on any atom is -0.455 e. The Kier molecular flexibility index (Phi) is 5.45. The Bertz CT molecular complexity index is 510. The molecular formula is C16H20O4S. The molecule has 0 amide bonds. The molecule has 0 saturated carbocycles. The fraction of sp³-hybridized carbons (Fsp3) is 0.438. The predicted octanol–water partition coefficient (Wildman–Crippen LogP) is 2.01. The molecule has 5 heteroatoms. The first-order valence-electron chi connectivity index (χ1n) is 6.89. The highest BCUT2D eigenvalue weighted by Gasteiger charge is 2.47. The molecule has 1 aliphatic heterocycles. The number of allylic oxidation sites excluding steroid dienone is 1. The van der Waals surface area contributed by atoms with Gasteiger partial charge >= 0.3 is 5.97 Å². The number of cyclic esters (lactones) is 1. The number of benzene rings is 1. The summed E-state index contributed by atoms with van der Waals surface area (Å²) >= 11 is 1.38. The molecule has 4 atom stereocenters. The molecule has 4 nitrogen and oxygen atoms in total. The summed E-state index contributed by atoms with van der Waals surface area (Å²) in [5, 5.41) is 19.5. The van der Waals surface area contributed by atoms with E-state index in [1.165, 1.54) is 11.8 Å². The number of esters is 1. The van der Waals surface area contributed by atoms with E-state index < -0.39 is 29.3 Å². The van der Waals surface area contributed by atoms with E-state index in [1.54, 1.807) is 6.08 Å². The summed E-state index contributed by atoms with van der Waals surface area (Å²) in [6, 6.07) is 9.51. The zero-order valence-electron chi connectivity index (χ0n) is 12.1. The number of aliphatic hydroxyl groups excluding tert-OH is 2. The quantitative estimate of drug-likeness (QED) is 0.495. The van der Waals surface area contributed by atoms with Crippen LogP contribution >= 0.6 is 11.8 Å². The maximum Gasteiger partial charge on any atom is 0.313 e. The molecule has 0 bridgehead atoms. The lowest BCUT2D eigenvalue weighted by molar-refractivity contribution is -0.143. The molecular weight excluding hydrogens is 288 g/mol. The summed E-state index contributed by atoms with van der Waals surface area (Å²) in [7, 11) is 0. The van der Waals surface area contributed by atoms with Gasteiger partial charge in [-0.3, -0.25) is 4.79 Å². The Hall–Kier alpha value is -1.30. The number of carbonyl (C=O) groups excluding carboxylic acids is 1. The number of rotatable bonds is 5. The maximum absolute atomic E-state index is 12.0. The average Bonchev–Trinajstić information content (AvgIpc) is 2.72. The molecule has 2 rings (SSSR count). The third kappa shape index (κ3) is 3.87. The van der Waals surface area contributed by atoms with Crippen LogP contribution < -0.4 is 0 Å². The second-order valence-corrected chi connectivity index (χ2v) is 6.63. The third-order valence-electron chi connectivity index (χ3n) is 3.34. The van der Waals surface area contributed by atoms with Gasteiger partial charge in [0.05, 0.1) is 6.61 Å². The molecule has 0 spiro atoms. The van der Waals surface area contributed by atoms with Crippen LogP contribution in [0.25, 0.3) is 0 Å². The SMILES string of the molecule is CC(C)=C[C@H]1OC(=O)[C@@H]([C@@H](CO)Sc2ccccc2)[C@@H]1O. The molecule has 1 saturated heterocycles. The van der Waals surface area contributed by atoms with Crippen LogP contribution in [0.5, 0.6) is 0 Å². The summed E-state index contributed by atoms with van der Waals surface area (Å²) in [5.41, 5.74) is 0.976. The zero-order chi connectivity index (χ0) is 15.4. The maximum atomic E-state index is 12.0. The second-order valence-electron chi connectivity index (χ2n) is 5.31. The topological polar surface area (TPSA) is 66.8 Å². The summed E-state index contributed by atoms with van der Waals surface area (Å²) in [6.45, 7) is 3.57. The molecule has 0 unspecified atom stereocenters. The van der Waals surface area contributed by atoms with E-state index in [2.05, 4.69) is 0 Å². The first kappa shape index (κ1) is 16.1. The van der Waals surface area contributed by atoms with Crippen LogP contribution in [0, 0.1) is 5.92 Å². The molecule has 0 aromatic heterocycles. The highest BCUT2D eigenvalue weighted by Crippen LogP contribution is 2.35. The van der Waals surface area contributed by atoms with Crippen molar-refractivity contribution < 1.29 is 19.7 Å². The number of aliphatic hydroxyl groups is 2. The Labute approximate surface area is 128 Å². The molecule has 1 fully saturated rings. The Morgan fingerprint density at radius 2 is 2.05 bits per heavy atom. The van der Waals surface area contributed by atoms with Gasteiger partial charge in [-0.2, -0.15) is 0 Å². The van der Waals surface area contributed by atoms with Crippen molar-refractivity contribution in [3.8, 4) is 0 Å². The van der Waals surface area contributed by atoms with Crippen molar-refractivity contribution in [3.05, 3.63) is 42.0 Å². The zero-order valence-corrected chi connectivity index (χ0v) is 12.9.